The summed E-state index contributed by atoms with van der Waals surface area (Å²) in [4.78, 5) is 23.7. The number of carbonyl (C=O) groups excluding carboxylic acids is 1. The largest absolute Gasteiger partial charge is 0.493 e. The number of nitro groups is 1. The van der Waals surface area contributed by atoms with Crippen molar-refractivity contribution in [2.45, 2.75) is 32.8 Å². The molecule has 1 rings (SSSR count). The molecule has 24 heavy (non-hydrogen) atoms. The van der Waals surface area contributed by atoms with Crippen LogP contribution in [0, 0.1) is 10.1 Å². The van der Waals surface area contributed by atoms with E-state index in [-0.39, 0.29) is 11.8 Å². The van der Waals surface area contributed by atoms with Gasteiger partial charge in [0.2, 0.25) is 0 Å². The minimum atomic E-state index is -0.524. The molecule has 0 spiro atoms. The number of carbonyl (C=O) groups is 1. The Morgan fingerprint density at radius 2 is 2.04 bits per heavy atom. The van der Waals surface area contributed by atoms with Crippen LogP contribution in [-0.2, 0) is 4.74 Å². The van der Waals surface area contributed by atoms with E-state index in [2.05, 4.69) is 5.32 Å². The van der Waals surface area contributed by atoms with E-state index in [0.717, 1.165) is 0 Å². The van der Waals surface area contributed by atoms with Gasteiger partial charge in [-0.1, -0.05) is 0 Å². The number of nitro benzene ring substituents is 1. The second kappa shape index (κ2) is 8.37. The Morgan fingerprint density at radius 3 is 2.58 bits per heavy atom. The van der Waals surface area contributed by atoms with Gasteiger partial charge in [-0.2, -0.15) is 0 Å². The van der Waals surface area contributed by atoms with Crippen molar-refractivity contribution in [2.75, 3.05) is 32.6 Å². The fourth-order valence-corrected chi connectivity index (χ4v) is 1.89. The van der Waals surface area contributed by atoms with Gasteiger partial charge in [-0.25, -0.2) is 4.79 Å². The molecule has 0 atom stereocenters. The average Bonchev–Trinajstić information content (AvgIpc) is 2.49. The Bertz CT molecular complexity index is 584. The molecule has 8 nitrogen and oxygen atoms in total. The van der Waals surface area contributed by atoms with Gasteiger partial charge >= 0.3 is 6.09 Å². The van der Waals surface area contributed by atoms with E-state index in [9.17, 15) is 14.9 Å². The van der Waals surface area contributed by atoms with E-state index < -0.39 is 10.5 Å². The minimum Gasteiger partial charge on any atom is -0.493 e. The van der Waals surface area contributed by atoms with Gasteiger partial charge in [-0.05, 0) is 33.3 Å². The smallest absolute Gasteiger partial charge is 0.410 e. The highest BCUT2D eigenvalue weighted by atomic mass is 16.6. The lowest BCUT2D eigenvalue weighted by Gasteiger charge is -2.24. The Balaban J connectivity index is 2.45. The third-order valence-corrected chi connectivity index (χ3v) is 3.05. The van der Waals surface area contributed by atoms with Gasteiger partial charge < -0.3 is 19.7 Å². The maximum Gasteiger partial charge on any atom is 0.410 e. The molecular weight excluding hydrogens is 314 g/mol. The van der Waals surface area contributed by atoms with Crippen molar-refractivity contribution < 1.29 is 19.2 Å². The van der Waals surface area contributed by atoms with Crippen LogP contribution < -0.4 is 10.1 Å². The van der Waals surface area contributed by atoms with E-state index in [1.807, 2.05) is 20.8 Å². The van der Waals surface area contributed by atoms with Crippen LogP contribution in [0.4, 0.5) is 16.2 Å². The molecule has 0 heterocycles. The van der Waals surface area contributed by atoms with Crippen LogP contribution in [0.3, 0.4) is 0 Å². The van der Waals surface area contributed by atoms with E-state index in [1.165, 1.54) is 11.0 Å². The van der Waals surface area contributed by atoms with Gasteiger partial charge in [0.05, 0.1) is 11.5 Å². The van der Waals surface area contributed by atoms with E-state index in [1.54, 1.807) is 26.2 Å². The van der Waals surface area contributed by atoms with Gasteiger partial charge in [-0.3, -0.25) is 10.1 Å². The maximum absolute atomic E-state index is 11.8. The second-order valence-electron chi connectivity index (χ2n) is 6.29. The molecule has 8 heteroatoms. The molecule has 0 bridgehead atoms. The minimum absolute atomic E-state index is 0.00508. The molecule has 0 aromatic heterocycles. The predicted molar refractivity (Wildman–Crippen MR) is 91.6 cm³/mol. The quantitative estimate of drug-likeness (QED) is 0.465. The molecule has 1 N–H and O–H groups in total. The van der Waals surface area contributed by atoms with Crippen LogP contribution >= 0.6 is 0 Å². The first-order valence-electron chi connectivity index (χ1n) is 7.67. The van der Waals surface area contributed by atoms with Gasteiger partial charge in [0, 0.05) is 32.8 Å². The topological polar surface area (TPSA) is 93.9 Å². The predicted octanol–water partition coefficient (Wildman–Crippen LogP) is 3.27. The molecule has 1 aromatic rings. The van der Waals surface area contributed by atoms with Crippen molar-refractivity contribution in [1.29, 1.82) is 0 Å². The summed E-state index contributed by atoms with van der Waals surface area (Å²) in [5, 5.41) is 13.6. The third kappa shape index (κ3) is 6.31. The van der Waals surface area contributed by atoms with E-state index in [4.69, 9.17) is 9.47 Å². The Morgan fingerprint density at radius 1 is 1.38 bits per heavy atom. The third-order valence-electron chi connectivity index (χ3n) is 3.05. The van der Waals surface area contributed by atoms with Gasteiger partial charge in [0.1, 0.15) is 17.0 Å². The number of ether oxygens (including phenoxy) is 2. The van der Waals surface area contributed by atoms with E-state index >= 15 is 0 Å². The van der Waals surface area contributed by atoms with Gasteiger partial charge in [0.25, 0.3) is 5.69 Å². The van der Waals surface area contributed by atoms with Crippen molar-refractivity contribution in [2.24, 2.45) is 0 Å². The molecule has 0 saturated heterocycles. The number of anilines is 1. The number of benzene rings is 1. The summed E-state index contributed by atoms with van der Waals surface area (Å²) in [6.45, 7) is 6.32. The van der Waals surface area contributed by atoms with Gasteiger partial charge in [0.15, 0.2) is 0 Å². The molecule has 0 aliphatic heterocycles. The van der Waals surface area contributed by atoms with Crippen molar-refractivity contribution in [3.05, 3.63) is 28.3 Å². The first kappa shape index (κ1) is 19.5. The van der Waals surface area contributed by atoms with Crippen molar-refractivity contribution in [1.82, 2.24) is 4.90 Å². The number of nitrogens with zero attached hydrogens (tertiary/aromatic N) is 2. The number of rotatable bonds is 7. The summed E-state index contributed by atoms with van der Waals surface area (Å²) in [6, 6.07) is 4.53. The second-order valence-corrected chi connectivity index (χ2v) is 6.29. The number of hydrogen-bond acceptors (Lipinski definition) is 6. The van der Waals surface area contributed by atoms with Crippen LogP contribution in [0.25, 0.3) is 0 Å². The van der Waals surface area contributed by atoms with Crippen molar-refractivity contribution in [3.63, 3.8) is 0 Å². The molecule has 0 fully saturated rings. The average molecular weight is 339 g/mol. The molecule has 134 valence electrons. The fourth-order valence-electron chi connectivity index (χ4n) is 1.89. The summed E-state index contributed by atoms with van der Waals surface area (Å²) < 4.78 is 10.8. The molecule has 0 saturated carbocycles. The first-order chi connectivity index (χ1) is 11.1. The summed E-state index contributed by atoms with van der Waals surface area (Å²) in [5.74, 6) is 0.532. The lowest BCUT2D eigenvalue weighted by Crippen LogP contribution is -2.35. The lowest BCUT2D eigenvalue weighted by molar-refractivity contribution is -0.384. The van der Waals surface area contributed by atoms with Crippen LogP contribution in [0.5, 0.6) is 5.75 Å². The Labute approximate surface area is 141 Å². The first-order valence-corrected chi connectivity index (χ1v) is 7.67. The molecule has 0 unspecified atom stereocenters. The van der Waals surface area contributed by atoms with Crippen LogP contribution in [0.1, 0.15) is 27.2 Å². The van der Waals surface area contributed by atoms with Crippen molar-refractivity contribution in [3.8, 4) is 5.75 Å². The zero-order valence-corrected chi connectivity index (χ0v) is 14.8. The summed E-state index contributed by atoms with van der Waals surface area (Å²) in [6.07, 6.45) is 0.233. The van der Waals surface area contributed by atoms with Crippen LogP contribution in [0.2, 0.25) is 0 Å². The van der Waals surface area contributed by atoms with E-state index in [0.29, 0.717) is 31.0 Å². The normalized spacial score (nSPS) is 10.9. The van der Waals surface area contributed by atoms with Crippen molar-refractivity contribution >= 4 is 17.5 Å². The SMILES string of the molecule is CNc1cc(OCCCN(C)C(=O)OC(C)(C)C)ccc1[N+](=O)[O-]. The summed E-state index contributed by atoms with van der Waals surface area (Å²) in [7, 11) is 3.28. The highest BCUT2D eigenvalue weighted by Gasteiger charge is 2.19. The molecular formula is C16H25N3O5. The zero-order valence-electron chi connectivity index (χ0n) is 14.8. The maximum atomic E-state index is 11.8. The summed E-state index contributed by atoms with van der Waals surface area (Å²) in [5.41, 5.74) is -0.137. The molecule has 0 aliphatic rings. The molecule has 1 aromatic carbocycles. The number of amides is 1. The van der Waals surface area contributed by atoms with Crippen LogP contribution in [-0.4, -0.2) is 48.8 Å². The Hall–Kier alpha value is -2.51. The highest BCUT2D eigenvalue weighted by Crippen LogP contribution is 2.28. The molecule has 1 amide bonds. The number of nitrogens with one attached hydrogen (secondary N) is 1. The lowest BCUT2D eigenvalue weighted by atomic mass is 10.2. The monoisotopic (exact) mass is 339 g/mol. The summed E-state index contributed by atoms with van der Waals surface area (Å²) >= 11 is 0. The molecule has 0 aliphatic carbocycles. The van der Waals surface area contributed by atoms with Gasteiger partial charge in [-0.15, -0.1) is 0 Å². The Kier molecular flexibility index (Phi) is 6.82. The van der Waals surface area contributed by atoms with Crippen LogP contribution in [0.15, 0.2) is 18.2 Å². The fraction of sp³-hybridized carbons (Fsp3) is 0.562. The standard InChI is InChI=1S/C16H25N3O5/c1-16(2,3)24-15(20)18(5)9-6-10-23-12-7-8-14(19(21)22)13(11-12)17-4/h7-8,11,17H,6,9-10H2,1-5H3. The number of hydrogen-bond donors (Lipinski definition) is 1. The highest BCUT2D eigenvalue weighted by molar-refractivity contribution is 5.67. The molecule has 0 radical (unpaired) electrons. The zero-order chi connectivity index (χ0) is 18.3.